The quantitative estimate of drug-likeness (QED) is 0.396. The number of rotatable bonds is 6. The molecule has 1 aliphatic heterocycles. The zero-order valence-corrected chi connectivity index (χ0v) is 19.9. The van der Waals surface area contributed by atoms with Crippen LogP contribution in [0, 0.1) is 11.3 Å². The number of carbonyl (C=O) groups excluding carboxylic acids is 1. The second kappa shape index (κ2) is 9.79. The topological polar surface area (TPSA) is 75.3 Å². The van der Waals surface area contributed by atoms with Gasteiger partial charge in [-0.3, -0.25) is 9.59 Å². The third-order valence-corrected chi connectivity index (χ3v) is 7.17. The largest absolute Gasteiger partial charge is 0.487 e. The van der Waals surface area contributed by atoms with Gasteiger partial charge < -0.3 is 14.2 Å². The van der Waals surface area contributed by atoms with Gasteiger partial charge in [-0.15, -0.1) is 0 Å². The van der Waals surface area contributed by atoms with E-state index in [1.807, 2.05) is 11.5 Å². The van der Waals surface area contributed by atoms with E-state index in [1.165, 1.54) is 28.3 Å². The monoisotopic (exact) mass is 467 g/mol. The molecule has 1 amide bonds. The van der Waals surface area contributed by atoms with Crippen molar-refractivity contribution in [2.24, 2.45) is 0 Å². The van der Waals surface area contributed by atoms with Crippen LogP contribution in [0.4, 0.5) is 0 Å². The minimum Gasteiger partial charge on any atom is -0.487 e. The summed E-state index contributed by atoms with van der Waals surface area (Å²) in [4.78, 5) is 27.9. The predicted octanol–water partition coefficient (Wildman–Crippen LogP) is 4.48. The Balaban J connectivity index is 1.73. The SMILES string of the molecule is CCCCOc1c2n(ccc1=O)C(C1c3ccccc3CCc3ccccc31)CN(CC#N)C2=O. The molecule has 0 saturated heterocycles. The molecule has 0 radical (unpaired) electrons. The number of amides is 1. The molecule has 2 aromatic carbocycles. The van der Waals surface area contributed by atoms with E-state index in [1.54, 1.807) is 11.1 Å². The molecule has 0 bridgehead atoms. The number of pyridine rings is 1. The molecule has 1 aliphatic carbocycles. The van der Waals surface area contributed by atoms with Crippen molar-refractivity contribution >= 4 is 5.91 Å². The standard InChI is InChI=1S/C29H29N3O3/c1-2-3-18-35-28-25(33)14-16-32-24(19-31(17-15-30)29(34)27(28)32)26-22-10-6-4-8-20(22)12-13-21-9-5-7-11-23(21)26/h4-11,14,16,24,26H,2-3,12-13,17-19H2,1H3. The normalized spacial score (nSPS) is 17.1. The van der Waals surface area contributed by atoms with E-state index in [9.17, 15) is 14.9 Å². The average Bonchev–Trinajstić information content (AvgIpc) is 3.04. The van der Waals surface area contributed by atoms with Crippen LogP contribution in [-0.4, -0.2) is 35.1 Å². The summed E-state index contributed by atoms with van der Waals surface area (Å²) in [6.45, 7) is 2.76. The van der Waals surface area contributed by atoms with E-state index in [0.29, 0.717) is 13.2 Å². The Morgan fingerprint density at radius 2 is 1.66 bits per heavy atom. The number of nitriles is 1. The number of aromatic nitrogens is 1. The Bertz CT molecular complexity index is 1310. The number of aryl methyl sites for hydroxylation is 2. The molecular formula is C29H29N3O3. The fourth-order valence-electron chi connectivity index (χ4n) is 5.49. The molecule has 0 spiro atoms. The van der Waals surface area contributed by atoms with Gasteiger partial charge in [0.15, 0.2) is 11.4 Å². The van der Waals surface area contributed by atoms with Gasteiger partial charge in [0.2, 0.25) is 5.43 Å². The Morgan fingerprint density at radius 3 is 2.29 bits per heavy atom. The molecule has 6 heteroatoms. The number of nitrogens with zero attached hydrogens (tertiary/aromatic N) is 3. The zero-order valence-electron chi connectivity index (χ0n) is 19.9. The Kier molecular flexibility index (Phi) is 6.41. The Morgan fingerprint density at radius 1 is 1.00 bits per heavy atom. The van der Waals surface area contributed by atoms with Gasteiger partial charge in [0.05, 0.1) is 18.7 Å². The van der Waals surface area contributed by atoms with Crippen molar-refractivity contribution in [3.8, 4) is 11.8 Å². The third-order valence-electron chi connectivity index (χ3n) is 7.17. The molecule has 3 aromatic rings. The van der Waals surface area contributed by atoms with Gasteiger partial charge in [0.1, 0.15) is 6.54 Å². The molecule has 0 N–H and O–H groups in total. The van der Waals surface area contributed by atoms with E-state index < -0.39 is 0 Å². The fraction of sp³-hybridized carbons (Fsp3) is 0.345. The molecule has 0 fully saturated rings. The third kappa shape index (κ3) is 4.12. The summed E-state index contributed by atoms with van der Waals surface area (Å²) >= 11 is 0. The summed E-state index contributed by atoms with van der Waals surface area (Å²) < 4.78 is 7.84. The highest BCUT2D eigenvalue weighted by Gasteiger charge is 2.40. The lowest BCUT2D eigenvalue weighted by Crippen LogP contribution is -2.46. The molecule has 0 saturated carbocycles. The maximum Gasteiger partial charge on any atom is 0.275 e. The first-order valence-corrected chi connectivity index (χ1v) is 12.3. The van der Waals surface area contributed by atoms with Crippen LogP contribution in [0.2, 0.25) is 0 Å². The summed E-state index contributed by atoms with van der Waals surface area (Å²) in [5.74, 6) is -0.278. The Hall–Kier alpha value is -3.85. The maximum absolute atomic E-state index is 13.5. The van der Waals surface area contributed by atoms with Crippen LogP contribution >= 0.6 is 0 Å². The molecule has 5 rings (SSSR count). The smallest absolute Gasteiger partial charge is 0.275 e. The average molecular weight is 468 g/mol. The highest BCUT2D eigenvalue weighted by molar-refractivity contribution is 5.96. The van der Waals surface area contributed by atoms with Gasteiger partial charge >= 0.3 is 0 Å². The highest BCUT2D eigenvalue weighted by Crippen LogP contribution is 2.44. The number of hydrogen-bond acceptors (Lipinski definition) is 4. The lowest BCUT2D eigenvalue weighted by atomic mass is 9.81. The predicted molar refractivity (Wildman–Crippen MR) is 134 cm³/mol. The van der Waals surface area contributed by atoms with Gasteiger partial charge in [-0.1, -0.05) is 61.9 Å². The number of unbranched alkanes of at least 4 members (excludes halogenated alkanes) is 1. The van der Waals surface area contributed by atoms with Crippen LogP contribution in [0.25, 0.3) is 0 Å². The van der Waals surface area contributed by atoms with Crippen molar-refractivity contribution in [3.63, 3.8) is 0 Å². The number of carbonyl (C=O) groups is 1. The summed E-state index contributed by atoms with van der Waals surface area (Å²) in [6.07, 6.45) is 5.33. The summed E-state index contributed by atoms with van der Waals surface area (Å²) in [5, 5.41) is 9.49. The van der Waals surface area contributed by atoms with E-state index in [-0.39, 0.29) is 41.3 Å². The maximum atomic E-state index is 13.5. The van der Waals surface area contributed by atoms with E-state index in [4.69, 9.17) is 4.74 Å². The fourth-order valence-corrected chi connectivity index (χ4v) is 5.49. The van der Waals surface area contributed by atoms with E-state index in [2.05, 4.69) is 54.6 Å². The summed E-state index contributed by atoms with van der Waals surface area (Å²) in [7, 11) is 0. The highest BCUT2D eigenvalue weighted by atomic mass is 16.5. The molecule has 35 heavy (non-hydrogen) atoms. The molecule has 1 aromatic heterocycles. The first-order valence-electron chi connectivity index (χ1n) is 12.3. The number of fused-ring (bicyclic) bond motifs is 3. The molecule has 2 aliphatic rings. The molecule has 1 atom stereocenters. The van der Waals surface area contributed by atoms with Gasteiger partial charge in [-0.2, -0.15) is 5.26 Å². The van der Waals surface area contributed by atoms with Crippen LogP contribution in [0.3, 0.4) is 0 Å². The zero-order chi connectivity index (χ0) is 24.4. The molecule has 6 nitrogen and oxygen atoms in total. The van der Waals surface area contributed by atoms with Gasteiger partial charge in [0, 0.05) is 24.7 Å². The first kappa shape index (κ1) is 22.9. The van der Waals surface area contributed by atoms with Gasteiger partial charge in [-0.25, -0.2) is 0 Å². The van der Waals surface area contributed by atoms with Crippen LogP contribution in [0.1, 0.15) is 64.5 Å². The van der Waals surface area contributed by atoms with Crippen molar-refractivity contribution in [2.45, 2.75) is 44.6 Å². The van der Waals surface area contributed by atoms with Crippen molar-refractivity contribution in [1.29, 1.82) is 5.26 Å². The lowest BCUT2D eigenvalue weighted by molar-refractivity contribution is 0.0674. The molecular weight excluding hydrogens is 438 g/mol. The second-order valence-electron chi connectivity index (χ2n) is 9.25. The van der Waals surface area contributed by atoms with Crippen LogP contribution in [0.15, 0.2) is 65.6 Å². The lowest BCUT2D eigenvalue weighted by Gasteiger charge is -2.40. The summed E-state index contributed by atoms with van der Waals surface area (Å²) in [5.41, 5.74) is 4.98. The van der Waals surface area contributed by atoms with E-state index >= 15 is 0 Å². The van der Waals surface area contributed by atoms with Crippen molar-refractivity contribution < 1.29 is 9.53 Å². The molecule has 1 unspecified atom stereocenters. The van der Waals surface area contributed by atoms with Crippen LogP contribution in [0.5, 0.6) is 5.75 Å². The minimum absolute atomic E-state index is 0.0380. The van der Waals surface area contributed by atoms with Crippen LogP contribution in [-0.2, 0) is 12.8 Å². The number of ether oxygens (including phenoxy) is 1. The molecule has 2 heterocycles. The minimum atomic E-state index is -0.331. The number of benzene rings is 2. The molecule has 178 valence electrons. The van der Waals surface area contributed by atoms with Gasteiger partial charge in [0.25, 0.3) is 5.91 Å². The van der Waals surface area contributed by atoms with Gasteiger partial charge in [-0.05, 0) is 41.5 Å². The first-order chi connectivity index (χ1) is 17.1. The van der Waals surface area contributed by atoms with E-state index in [0.717, 1.165) is 25.7 Å². The number of hydrogen-bond donors (Lipinski definition) is 0. The van der Waals surface area contributed by atoms with Crippen molar-refractivity contribution in [1.82, 2.24) is 9.47 Å². The van der Waals surface area contributed by atoms with Crippen molar-refractivity contribution in [2.75, 3.05) is 19.7 Å². The van der Waals surface area contributed by atoms with Crippen molar-refractivity contribution in [3.05, 3.63) is 99.0 Å². The summed E-state index contributed by atoms with van der Waals surface area (Å²) in [6, 6.07) is 20.4. The Labute approximate surface area is 205 Å². The van der Waals surface area contributed by atoms with Crippen LogP contribution < -0.4 is 10.2 Å². The second-order valence-corrected chi connectivity index (χ2v) is 9.25.